The van der Waals surface area contributed by atoms with Gasteiger partial charge in [0.1, 0.15) is 5.03 Å². The molecule has 0 radical (unpaired) electrons. The van der Waals surface area contributed by atoms with Gasteiger partial charge in [0.05, 0.1) is 4.47 Å². The monoisotopic (exact) mass is 325 g/mol. The van der Waals surface area contributed by atoms with Crippen molar-refractivity contribution >= 4 is 33.6 Å². The SMILES string of the molecule is CCCNc1ncc(Br)c(Sc2ncccn2)n1. The maximum atomic E-state index is 4.42. The van der Waals surface area contributed by atoms with Gasteiger partial charge in [-0.15, -0.1) is 0 Å². The van der Waals surface area contributed by atoms with Crippen LogP contribution in [0.4, 0.5) is 5.95 Å². The lowest BCUT2D eigenvalue weighted by molar-refractivity contribution is 0.922. The summed E-state index contributed by atoms with van der Waals surface area (Å²) in [4.78, 5) is 16.9. The number of hydrogen-bond donors (Lipinski definition) is 1. The molecule has 0 spiro atoms. The van der Waals surface area contributed by atoms with Crippen LogP contribution in [0.1, 0.15) is 13.3 Å². The average molecular weight is 326 g/mol. The predicted molar refractivity (Wildman–Crippen MR) is 74.7 cm³/mol. The van der Waals surface area contributed by atoms with Crippen LogP contribution in [-0.2, 0) is 0 Å². The third kappa shape index (κ3) is 3.64. The summed E-state index contributed by atoms with van der Waals surface area (Å²) in [5, 5.41) is 4.62. The first-order valence-electron chi connectivity index (χ1n) is 5.51. The van der Waals surface area contributed by atoms with E-state index < -0.39 is 0 Å². The Balaban J connectivity index is 2.16. The summed E-state index contributed by atoms with van der Waals surface area (Å²) in [6.07, 6.45) is 6.18. The summed E-state index contributed by atoms with van der Waals surface area (Å²) in [7, 11) is 0. The third-order valence-electron chi connectivity index (χ3n) is 1.98. The molecular formula is C11H12BrN5S. The molecule has 0 saturated carbocycles. The van der Waals surface area contributed by atoms with Gasteiger partial charge in [0, 0.05) is 25.1 Å². The van der Waals surface area contributed by atoms with Gasteiger partial charge in [0.2, 0.25) is 5.95 Å². The third-order valence-corrected chi connectivity index (χ3v) is 3.72. The molecule has 94 valence electrons. The van der Waals surface area contributed by atoms with Crippen molar-refractivity contribution in [3.05, 3.63) is 29.1 Å². The van der Waals surface area contributed by atoms with Crippen LogP contribution in [0, 0.1) is 0 Å². The normalized spacial score (nSPS) is 10.3. The van der Waals surface area contributed by atoms with Crippen LogP contribution < -0.4 is 5.32 Å². The summed E-state index contributed by atoms with van der Waals surface area (Å²) >= 11 is 4.83. The Kier molecular flexibility index (Phi) is 4.89. The minimum atomic E-state index is 0.624. The van der Waals surface area contributed by atoms with Crippen molar-refractivity contribution in [3.63, 3.8) is 0 Å². The van der Waals surface area contributed by atoms with Crippen LogP contribution in [0.5, 0.6) is 0 Å². The number of halogens is 1. The Bertz CT molecular complexity index is 508. The van der Waals surface area contributed by atoms with Gasteiger partial charge in [-0.05, 0) is 40.2 Å². The molecule has 1 N–H and O–H groups in total. The fraction of sp³-hybridized carbons (Fsp3) is 0.273. The second-order valence-electron chi connectivity index (χ2n) is 3.41. The maximum Gasteiger partial charge on any atom is 0.223 e. The van der Waals surface area contributed by atoms with Crippen LogP contribution in [0.25, 0.3) is 0 Å². The van der Waals surface area contributed by atoms with Crippen molar-refractivity contribution in [2.45, 2.75) is 23.5 Å². The summed E-state index contributed by atoms with van der Waals surface area (Å²) < 4.78 is 0.835. The van der Waals surface area contributed by atoms with Gasteiger partial charge in [-0.25, -0.2) is 19.9 Å². The average Bonchev–Trinajstić information content (AvgIpc) is 2.41. The highest BCUT2D eigenvalue weighted by molar-refractivity contribution is 9.10. The van der Waals surface area contributed by atoms with Gasteiger partial charge in [0.25, 0.3) is 0 Å². The van der Waals surface area contributed by atoms with Gasteiger partial charge in [-0.1, -0.05) is 6.92 Å². The van der Waals surface area contributed by atoms with Crippen molar-refractivity contribution in [1.82, 2.24) is 19.9 Å². The summed E-state index contributed by atoms with van der Waals surface area (Å²) in [5.74, 6) is 0.624. The van der Waals surface area contributed by atoms with E-state index in [1.165, 1.54) is 11.8 Å². The maximum absolute atomic E-state index is 4.42. The minimum Gasteiger partial charge on any atom is -0.354 e. The molecule has 0 fully saturated rings. The quantitative estimate of drug-likeness (QED) is 0.673. The summed E-state index contributed by atoms with van der Waals surface area (Å²) in [6.45, 7) is 2.95. The fourth-order valence-corrected chi connectivity index (χ4v) is 2.29. The molecule has 2 heterocycles. The molecule has 0 aliphatic carbocycles. The highest BCUT2D eigenvalue weighted by Crippen LogP contribution is 2.29. The zero-order valence-electron chi connectivity index (χ0n) is 9.80. The number of nitrogens with one attached hydrogen (secondary N) is 1. The van der Waals surface area contributed by atoms with Gasteiger partial charge in [-0.2, -0.15) is 0 Å². The number of hydrogen-bond acceptors (Lipinski definition) is 6. The number of aromatic nitrogens is 4. The Morgan fingerprint density at radius 3 is 2.78 bits per heavy atom. The van der Waals surface area contributed by atoms with E-state index in [9.17, 15) is 0 Å². The second-order valence-corrected chi connectivity index (χ2v) is 5.22. The molecule has 0 atom stereocenters. The number of rotatable bonds is 5. The van der Waals surface area contributed by atoms with Crippen LogP contribution in [0.3, 0.4) is 0 Å². The van der Waals surface area contributed by atoms with Gasteiger partial charge in [0.15, 0.2) is 5.16 Å². The van der Waals surface area contributed by atoms with Crippen LogP contribution >= 0.6 is 27.7 Å². The molecule has 0 aliphatic heterocycles. The molecule has 18 heavy (non-hydrogen) atoms. The molecule has 0 bridgehead atoms. The molecule has 2 aromatic heterocycles. The second kappa shape index (κ2) is 6.65. The number of nitrogens with zero attached hydrogens (tertiary/aromatic N) is 4. The van der Waals surface area contributed by atoms with Crippen LogP contribution in [0.2, 0.25) is 0 Å². The molecule has 0 saturated heterocycles. The summed E-state index contributed by atoms with van der Waals surface area (Å²) in [5.41, 5.74) is 0. The fourth-order valence-electron chi connectivity index (χ4n) is 1.17. The molecule has 0 aromatic carbocycles. The largest absolute Gasteiger partial charge is 0.354 e. The first kappa shape index (κ1) is 13.2. The molecule has 2 aromatic rings. The van der Waals surface area contributed by atoms with Crippen molar-refractivity contribution in [3.8, 4) is 0 Å². The molecule has 0 amide bonds. The molecular weight excluding hydrogens is 314 g/mol. The van der Waals surface area contributed by atoms with Crippen LogP contribution in [0.15, 0.2) is 39.3 Å². The molecule has 5 nitrogen and oxygen atoms in total. The highest BCUT2D eigenvalue weighted by Gasteiger charge is 2.08. The van der Waals surface area contributed by atoms with Gasteiger partial charge in [-0.3, -0.25) is 0 Å². The Morgan fingerprint density at radius 2 is 2.06 bits per heavy atom. The smallest absolute Gasteiger partial charge is 0.223 e. The predicted octanol–water partition coefficient (Wildman–Crippen LogP) is 3.00. The lowest BCUT2D eigenvalue weighted by Crippen LogP contribution is -2.04. The van der Waals surface area contributed by atoms with E-state index in [4.69, 9.17) is 0 Å². The molecule has 0 unspecified atom stereocenters. The Labute approximate surface area is 118 Å². The molecule has 2 rings (SSSR count). The van der Waals surface area contributed by atoms with Crippen molar-refractivity contribution in [1.29, 1.82) is 0 Å². The standard InChI is InChI=1S/C11H12BrN5S/c1-2-4-13-10-16-7-8(12)9(17-10)18-11-14-5-3-6-15-11/h3,5-7H,2,4H2,1H3,(H,13,16,17). The topological polar surface area (TPSA) is 63.6 Å². The van der Waals surface area contributed by atoms with Gasteiger partial charge >= 0.3 is 0 Å². The highest BCUT2D eigenvalue weighted by atomic mass is 79.9. The van der Waals surface area contributed by atoms with E-state index in [1.54, 1.807) is 24.7 Å². The Morgan fingerprint density at radius 1 is 1.28 bits per heavy atom. The zero-order chi connectivity index (χ0) is 12.8. The summed E-state index contributed by atoms with van der Waals surface area (Å²) in [6, 6.07) is 1.79. The molecule has 0 aliphatic rings. The minimum absolute atomic E-state index is 0.624. The first-order valence-corrected chi connectivity index (χ1v) is 7.12. The number of anilines is 1. The van der Waals surface area contributed by atoms with E-state index in [-0.39, 0.29) is 0 Å². The van der Waals surface area contributed by atoms with E-state index in [1.807, 2.05) is 0 Å². The van der Waals surface area contributed by atoms with E-state index in [2.05, 4.69) is 48.1 Å². The van der Waals surface area contributed by atoms with E-state index in [0.29, 0.717) is 11.1 Å². The van der Waals surface area contributed by atoms with E-state index in [0.717, 1.165) is 22.5 Å². The molecule has 7 heteroatoms. The van der Waals surface area contributed by atoms with Crippen molar-refractivity contribution in [2.24, 2.45) is 0 Å². The van der Waals surface area contributed by atoms with Crippen molar-refractivity contribution in [2.75, 3.05) is 11.9 Å². The lowest BCUT2D eigenvalue weighted by atomic mass is 10.5. The zero-order valence-corrected chi connectivity index (χ0v) is 12.2. The van der Waals surface area contributed by atoms with Gasteiger partial charge < -0.3 is 5.32 Å². The van der Waals surface area contributed by atoms with Crippen LogP contribution in [-0.4, -0.2) is 26.5 Å². The first-order chi connectivity index (χ1) is 8.79. The Hall–Kier alpha value is -1.21. The van der Waals surface area contributed by atoms with Crippen molar-refractivity contribution < 1.29 is 0 Å². The van der Waals surface area contributed by atoms with E-state index >= 15 is 0 Å². The lowest BCUT2D eigenvalue weighted by Gasteiger charge is -2.06.